The summed E-state index contributed by atoms with van der Waals surface area (Å²) in [6.45, 7) is 2.81. The van der Waals surface area contributed by atoms with E-state index in [0.717, 1.165) is 6.42 Å². The maximum Gasteiger partial charge on any atom is 0.251 e. The van der Waals surface area contributed by atoms with Crippen LogP contribution in [0.5, 0.6) is 0 Å². The van der Waals surface area contributed by atoms with Crippen molar-refractivity contribution in [3.63, 3.8) is 0 Å². The van der Waals surface area contributed by atoms with Crippen LogP contribution in [-0.2, 0) is 9.53 Å². The number of ether oxygens (including phenoxy) is 1. The van der Waals surface area contributed by atoms with Gasteiger partial charge in [-0.15, -0.1) is 0 Å². The van der Waals surface area contributed by atoms with Crippen LogP contribution in [0.1, 0.15) is 13.3 Å². The van der Waals surface area contributed by atoms with Crippen LogP contribution in [0.25, 0.3) is 0 Å². The van der Waals surface area contributed by atoms with Crippen molar-refractivity contribution in [2.24, 2.45) is 0 Å². The Morgan fingerprint density at radius 1 is 1.85 bits per heavy atom. The standard InChI is InChI=1S/C8H14INO3/c1-6(11)8(12)10-3-2-7(4-10)13-5-9/h6-7,11H,2-5H2,1H3/t6-,7-/m0/s1. The molecule has 5 heteroatoms. The van der Waals surface area contributed by atoms with Gasteiger partial charge in [-0.25, -0.2) is 0 Å². The zero-order valence-corrected chi connectivity index (χ0v) is 9.73. The molecule has 1 heterocycles. The molecule has 0 radical (unpaired) electrons. The number of carbonyl (C=O) groups is 1. The zero-order chi connectivity index (χ0) is 9.84. The first kappa shape index (κ1) is 11.2. The van der Waals surface area contributed by atoms with E-state index in [1.165, 1.54) is 6.92 Å². The molecule has 0 saturated carbocycles. The average molecular weight is 299 g/mol. The highest BCUT2D eigenvalue weighted by molar-refractivity contribution is 14.1. The van der Waals surface area contributed by atoms with Gasteiger partial charge in [0.1, 0.15) is 6.10 Å². The van der Waals surface area contributed by atoms with Crippen LogP contribution in [-0.4, -0.2) is 45.8 Å². The van der Waals surface area contributed by atoms with Gasteiger partial charge in [-0.3, -0.25) is 4.79 Å². The molecule has 0 aromatic heterocycles. The average Bonchev–Trinajstić information content (AvgIpc) is 2.52. The summed E-state index contributed by atoms with van der Waals surface area (Å²) in [5.74, 6) is -0.195. The molecule has 0 aliphatic carbocycles. The lowest BCUT2D eigenvalue weighted by atomic mass is 10.3. The molecule has 1 N–H and O–H groups in total. The Morgan fingerprint density at radius 3 is 3.08 bits per heavy atom. The van der Waals surface area contributed by atoms with E-state index in [1.54, 1.807) is 4.90 Å². The molecular weight excluding hydrogens is 285 g/mol. The Labute approximate surface area is 91.4 Å². The van der Waals surface area contributed by atoms with Crippen molar-refractivity contribution in [2.45, 2.75) is 25.6 Å². The molecule has 4 nitrogen and oxygen atoms in total. The lowest BCUT2D eigenvalue weighted by Gasteiger charge is -2.17. The summed E-state index contributed by atoms with van der Waals surface area (Å²) in [4.78, 5) is 13.0. The topological polar surface area (TPSA) is 49.8 Å². The number of amides is 1. The van der Waals surface area contributed by atoms with E-state index in [0.29, 0.717) is 17.7 Å². The van der Waals surface area contributed by atoms with Gasteiger partial charge in [0.05, 0.1) is 10.7 Å². The van der Waals surface area contributed by atoms with Crippen LogP contribution in [0.4, 0.5) is 0 Å². The molecule has 76 valence electrons. The van der Waals surface area contributed by atoms with Crippen molar-refractivity contribution in [3.8, 4) is 0 Å². The van der Waals surface area contributed by atoms with Gasteiger partial charge in [0.25, 0.3) is 5.91 Å². The Kier molecular flexibility index (Phi) is 4.40. The number of hydrogen-bond acceptors (Lipinski definition) is 3. The number of aliphatic hydroxyl groups excluding tert-OH is 1. The van der Waals surface area contributed by atoms with Crippen LogP contribution in [0.2, 0.25) is 0 Å². The fourth-order valence-electron chi connectivity index (χ4n) is 1.42. The SMILES string of the molecule is C[C@H](O)C(=O)N1CC[C@H](OCI)C1. The lowest BCUT2D eigenvalue weighted by Crippen LogP contribution is -2.36. The second kappa shape index (κ2) is 5.11. The molecule has 1 amide bonds. The monoisotopic (exact) mass is 299 g/mol. The van der Waals surface area contributed by atoms with Crippen LogP contribution in [0.3, 0.4) is 0 Å². The number of likely N-dealkylation sites (tertiary alicyclic amines) is 1. The van der Waals surface area contributed by atoms with Crippen LogP contribution in [0.15, 0.2) is 0 Å². The van der Waals surface area contributed by atoms with E-state index in [-0.39, 0.29) is 12.0 Å². The third kappa shape index (κ3) is 3.07. The van der Waals surface area contributed by atoms with Gasteiger partial charge < -0.3 is 14.7 Å². The van der Waals surface area contributed by atoms with Gasteiger partial charge in [0.2, 0.25) is 0 Å². The van der Waals surface area contributed by atoms with Crippen LogP contribution < -0.4 is 0 Å². The van der Waals surface area contributed by atoms with Gasteiger partial charge in [-0.1, -0.05) is 22.6 Å². The molecule has 2 atom stereocenters. The predicted octanol–water partition coefficient (Wildman–Crippen LogP) is 0.377. The molecule has 0 aromatic carbocycles. The highest BCUT2D eigenvalue weighted by atomic mass is 127. The minimum Gasteiger partial charge on any atom is -0.384 e. The van der Waals surface area contributed by atoms with E-state index in [4.69, 9.17) is 9.84 Å². The summed E-state index contributed by atoms with van der Waals surface area (Å²) in [6, 6.07) is 0. The molecule has 1 fully saturated rings. The van der Waals surface area contributed by atoms with Crippen molar-refractivity contribution in [3.05, 3.63) is 0 Å². The summed E-state index contributed by atoms with van der Waals surface area (Å²) in [7, 11) is 0. The van der Waals surface area contributed by atoms with Gasteiger partial charge in [-0.05, 0) is 13.3 Å². The minimum absolute atomic E-state index is 0.152. The van der Waals surface area contributed by atoms with Crippen LogP contribution in [0, 0.1) is 0 Å². The first-order chi connectivity index (χ1) is 6.15. The number of hydrogen-bond donors (Lipinski definition) is 1. The summed E-state index contributed by atoms with van der Waals surface area (Å²) in [5.41, 5.74) is 0. The normalized spacial score (nSPS) is 24.8. The molecule has 0 aromatic rings. The molecule has 1 aliphatic heterocycles. The third-order valence-corrected chi connectivity index (χ3v) is 2.47. The fraction of sp³-hybridized carbons (Fsp3) is 0.875. The van der Waals surface area contributed by atoms with Crippen molar-refractivity contribution < 1.29 is 14.6 Å². The second-order valence-corrected chi connectivity index (χ2v) is 3.77. The van der Waals surface area contributed by atoms with Crippen molar-refractivity contribution in [1.82, 2.24) is 4.90 Å². The minimum atomic E-state index is -0.890. The Bertz CT molecular complexity index is 186. The third-order valence-electron chi connectivity index (χ3n) is 2.11. The summed E-state index contributed by atoms with van der Waals surface area (Å²) in [5, 5.41) is 9.06. The molecule has 13 heavy (non-hydrogen) atoms. The number of alkyl halides is 1. The molecule has 0 spiro atoms. The van der Waals surface area contributed by atoms with Gasteiger partial charge >= 0.3 is 0 Å². The van der Waals surface area contributed by atoms with Crippen molar-refractivity contribution in [2.75, 3.05) is 17.7 Å². The lowest BCUT2D eigenvalue weighted by molar-refractivity contribution is -0.138. The number of rotatable bonds is 3. The number of nitrogens with zero attached hydrogens (tertiary/aromatic N) is 1. The quantitative estimate of drug-likeness (QED) is 0.605. The van der Waals surface area contributed by atoms with Crippen molar-refractivity contribution in [1.29, 1.82) is 0 Å². The first-order valence-corrected chi connectivity index (χ1v) is 5.82. The van der Waals surface area contributed by atoms with E-state index in [9.17, 15) is 4.79 Å². The number of carbonyl (C=O) groups excluding carboxylic acids is 1. The highest BCUT2D eigenvalue weighted by Gasteiger charge is 2.28. The molecule has 1 rings (SSSR count). The van der Waals surface area contributed by atoms with Gasteiger partial charge in [0, 0.05) is 13.1 Å². The number of aliphatic hydroxyl groups is 1. The maximum atomic E-state index is 11.3. The van der Waals surface area contributed by atoms with E-state index >= 15 is 0 Å². The zero-order valence-electron chi connectivity index (χ0n) is 7.57. The van der Waals surface area contributed by atoms with Crippen LogP contribution >= 0.6 is 22.6 Å². The number of halogens is 1. The molecule has 0 bridgehead atoms. The smallest absolute Gasteiger partial charge is 0.251 e. The molecule has 1 aliphatic rings. The van der Waals surface area contributed by atoms with Crippen molar-refractivity contribution >= 4 is 28.5 Å². The Morgan fingerprint density at radius 2 is 2.54 bits per heavy atom. The Balaban J connectivity index is 2.36. The van der Waals surface area contributed by atoms with E-state index < -0.39 is 6.10 Å². The van der Waals surface area contributed by atoms with E-state index in [2.05, 4.69) is 22.6 Å². The summed E-state index contributed by atoms with van der Waals surface area (Å²) < 4.78 is 6.03. The molecule has 1 saturated heterocycles. The molecule has 0 unspecified atom stereocenters. The maximum absolute atomic E-state index is 11.3. The highest BCUT2D eigenvalue weighted by Crippen LogP contribution is 2.14. The van der Waals surface area contributed by atoms with Gasteiger partial charge in [-0.2, -0.15) is 0 Å². The molecular formula is C8H14INO3. The predicted molar refractivity (Wildman–Crippen MR) is 56.6 cm³/mol. The first-order valence-electron chi connectivity index (χ1n) is 4.29. The Hall–Kier alpha value is 0.120. The van der Waals surface area contributed by atoms with Gasteiger partial charge in [0.15, 0.2) is 0 Å². The second-order valence-electron chi connectivity index (χ2n) is 3.15. The van der Waals surface area contributed by atoms with E-state index in [1.807, 2.05) is 0 Å². The largest absolute Gasteiger partial charge is 0.384 e. The summed E-state index contributed by atoms with van der Waals surface area (Å²) >= 11 is 2.14. The summed E-state index contributed by atoms with van der Waals surface area (Å²) in [6.07, 6.45) is 0.138. The fourth-order valence-corrected chi connectivity index (χ4v) is 1.93.